The van der Waals surface area contributed by atoms with Gasteiger partial charge in [-0.05, 0) is 60.7 Å². The second kappa shape index (κ2) is 23.6. The predicted molar refractivity (Wildman–Crippen MR) is 364 cm³/mol. The van der Waals surface area contributed by atoms with E-state index in [-0.39, 0.29) is 0 Å². The Hall–Kier alpha value is -12.6. The van der Waals surface area contributed by atoms with E-state index in [1.165, 1.54) is 0 Å². The lowest BCUT2D eigenvalue weighted by atomic mass is 10.0. The van der Waals surface area contributed by atoms with Crippen molar-refractivity contribution in [2.75, 3.05) is 0 Å². The lowest BCUT2D eigenvalue weighted by Gasteiger charge is -2.17. The van der Waals surface area contributed by atoms with Gasteiger partial charge in [-0.1, -0.05) is 249 Å². The van der Waals surface area contributed by atoms with Crippen LogP contribution in [0.25, 0.3) is 164 Å². The Bertz CT molecular complexity index is 4900. The van der Waals surface area contributed by atoms with Gasteiger partial charge in [0.15, 0.2) is 46.6 Å². The molecule has 0 radical (unpaired) electrons. The second-order valence-electron chi connectivity index (χ2n) is 22.0. The molecule has 0 aliphatic heterocycles. The lowest BCUT2D eigenvalue weighted by molar-refractivity contribution is 1.07. The number of hydrogen-bond donors (Lipinski definition) is 0. The van der Waals surface area contributed by atoms with E-state index in [1.54, 1.807) is 0 Å². The normalized spacial score (nSPS) is 11.3. The Balaban J connectivity index is 0.971. The lowest BCUT2D eigenvalue weighted by Crippen LogP contribution is -2.03. The van der Waals surface area contributed by atoms with Crippen LogP contribution in [-0.2, 0) is 0 Å². The average Bonchev–Trinajstić information content (AvgIpc) is 1.66. The maximum Gasteiger partial charge on any atom is 0.164 e. The summed E-state index contributed by atoms with van der Waals surface area (Å²) in [6.45, 7) is 0. The molecule has 0 saturated heterocycles. The molecule has 0 atom stereocenters. The van der Waals surface area contributed by atoms with Gasteiger partial charge < -0.3 is 4.57 Å². The monoisotopic (exact) mass is 1170 g/mol. The van der Waals surface area contributed by atoms with Gasteiger partial charge in [0, 0.05) is 77.5 Å². The Morgan fingerprint density at radius 1 is 0.176 bits per heavy atom. The predicted octanol–water partition coefficient (Wildman–Crippen LogP) is 18.7. The maximum atomic E-state index is 5.53. The summed E-state index contributed by atoms with van der Waals surface area (Å²) >= 11 is 0. The minimum atomic E-state index is 0.528. The van der Waals surface area contributed by atoms with Crippen LogP contribution in [0.4, 0.5) is 0 Å². The summed E-state index contributed by atoms with van der Waals surface area (Å²) in [7, 11) is 0. The summed E-state index contributed by atoms with van der Waals surface area (Å²) in [5.41, 5.74) is 16.3. The van der Waals surface area contributed by atoms with Crippen molar-refractivity contribution >= 4 is 21.8 Å². The largest absolute Gasteiger partial charge is 0.308 e. The first-order chi connectivity index (χ1) is 45.1. The molecule has 0 aliphatic rings. The van der Waals surface area contributed by atoms with E-state index >= 15 is 0 Å². The number of fused-ring (bicyclic) bond motifs is 3. The molecule has 11 heteroatoms. The molecule has 426 valence electrons. The van der Waals surface area contributed by atoms with Gasteiger partial charge in [0.25, 0.3) is 0 Å². The highest BCUT2D eigenvalue weighted by molar-refractivity contribution is 6.12. The summed E-state index contributed by atoms with van der Waals surface area (Å²) in [5, 5.41) is 1.88. The summed E-state index contributed by atoms with van der Waals surface area (Å²) < 4.78 is 2.32. The summed E-state index contributed by atoms with van der Waals surface area (Å²) in [6.07, 6.45) is 0. The van der Waals surface area contributed by atoms with E-state index in [0.29, 0.717) is 46.6 Å². The molecule has 0 aliphatic carbocycles. The van der Waals surface area contributed by atoms with Crippen LogP contribution in [0.2, 0.25) is 0 Å². The molecule has 0 amide bonds. The first-order valence-electron chi connectivity index (χ1n) is 30.0. The molecule has 0 fully saturated rings. The van der Waals surface area contributed by atoms with Gasteiger partial charge in [0.1, 0.15) is 0 Å². The number of hydrogen-bond acceptors (Lipinski definition) is 10. The van der Waals surface area contributed by atoms with Crippen LogP contribution < -0.4 is 0 Å². The third-order valence-electron chi connectivity index (χ3n) is 16.1. The first kappa shape index (κ1) is 53.8. The summed E-state index contributed by atoms with van der Waals surface area (Å²) in [5.74, 6) is 4.48. The average molecular weight is 1170 g/mol. The fraction of sp³-hybridized carbons (Fsp3) is 0. The van der Waals surface area contributed by atoms with Gasteiger partial charge in [0.05, 0.1) is 39.5 Å². The topological polar surface area (TPSA) is 134 Å². The molecule has 0 N–H and O–H groups in total. The zero-order chi connectivity index (χ0) is 60.5. The van der Waals surface area contributed by atoms with Crippen molar-refractivity contribution in [3.63, 3.8) is 0 Å². The maximum absolute atomic E-state index is 5.53. The number of nitrogens with zero attached hydrogens (tertiary/aromatic N) is 11. The van der Waals surface area contributed by atoms with Gasteiger partial charge in [-0.2, -0.15) is 0 Å². The SMILES string of the molecule is c1ccc(-c2cc(-c3ccc(-n4c5ccc(-c6nc(-c7ccccc7)nc(-c7ccccc7)n6)cc5c5cc(-c6nc(-c7ccccc7)nc(-c7ccccc7)n6)ccc54)c(-c4nc(-c5ccccc5)cc(-c5ccccc5)n4)c3)nc(-c3ccccc3)n2)cc1. The molecule has 91 heavy (non-hydrogen) atoms. The van der Waals surface area contributed by atoms with E-state index in [9.17, 15) is 0 Å². The molecule has 11 nitrogen and oxygen atoms in total. The minimum absolute atomic E-state index is 0.528. The minimum Gasteiger partial charge on any atom is -0.308 e. The molecule has 5 aromatic heterocycles. The highest BCUT2D eigenvalue weighted by Crippen LogP contribution is 2.42. The molecule has 11 aromatic carbocycles. The fourth-order valence-electron chi connectivity index (χ4n) is 11.7. The Morgan fingerprint density at radius 3 is 0.747 bits per heavy atom. The summed E-state index contributed by atoms with van der Waals surface area (Å²) in [6, 6.07) is 105. The van der Waals surface area contributed by atoms with Crippen LogP contribution in [-0.4, -0.2) is 54.4 Å². The molecule has 0 saturated carbocycles. The molecule has 0 bridgehead atoms. The van der Waals surface area contributed by atoms with Crippen LogP contribution in [0.3, 0.4) is 0 Å². The molecule has 16 aromatic rings. The third kappa shape index (κ3) is 10.7. The smallest absolute Gasteiger partial charge is 0.164 e. The number of rotatable bonds is 13. The fourth-order valence-corrected chi connectivity index (χ4v) is 11.7. The van der Waals surface area contributed by atoms with E-state index in [2.05, 4.69) is 108 Å². The molecule has 0 spiro atoms. The van der Waals surface area contributed by atoms with Crippen molar-refractivity contribution in [1.29, 1.82) is 0 Å². The van der Waals surface area contributed by atoms with Gasteiger partial charge >= 0.3 is 0 Å². The van der Waals surface area contributed by atoms with Crippen molar-refractivity contribution < 1.29 is 0 Å². The molecule has 16 rings (SSSR count). The highest BCUT2D eigenvalue weighted by atomic mass is 15.1. The van der Waals surface area contributed by atoms with Gasteiger partial charge in [-0.15, -0.1) is 0 Å². The zero-order valence-electron chi connectivity index (χ0n) is 48.9. The van der Waals surface area contributed by atoms with E-state index in [1.807, 2.05) is 206 Å². The van der Waals surface area contributed by atoms with Crippen molar-refractivity contribution in [3.8, 4) is 142 Å². The van der Waals surface area contributed by atoms with Crippen LogP contribution >= 0.6 is 0 Å². The highest BCUT2D eigenvalue weighted by Gasteiger charge is 2.24. The van der Waals surface area contributed by atoms with Crippen molar-refractivity contribution in [3.05, 3.63) is 309 Å². The molecule has 5 heterocycles. The molecular formula is C80H51N11. The van der Waals surface area contributed by atoms with Crippen LogP contribution in [0, 0.1) is 0 Å². The van der Waals surface area contributed by atoms with E-state index < -0.39 is 0 Å². The Kier molecular flexibility index (Phi) is 14.0. The van der Waals surface area contributed by atoms with E-state index in [0.717, 1.165) is 117 Å². The Labute approximate surface area is 524 Å². The van der Waals surface area contributed by atoms with Crippen LogP contribution in [0.1, 0.15) is 0 Å². The molecular weight excluding hydrogens is 1110 g/mol. The number of benzene rings is 11. The Morgan fingerprint density at radius 2 is 0.429 bits per heavy atom. The van der Waals surface area contributed by atoms with Crippen molar-refractivity contribution in [2.24, 2.45) is 0 Å². The van der Waals surface area contributed by atoms with Gasteiger partial charge in [0.2, 0.25) is 0 Å². The quantitative estimate of drug-likeness (QED) is 0.110. The zero-order valence-corrected chi connectivity index (χ0v) is 48.9. The third-order valence-corrected chi connectivity index (χ3v) is 16.1. The second-order valence-corrected chi connectivity index (χ2v) is 22.0. The van der Waals surface area contributed by atoms with Crippen molar-refractivity contribution in [2.45, 2.75) is 0 Å². The van der Waals surface area contributed by atoms with E-state index in [4.69, 9.17) is 49.8 Å². The first-order valence-corrected chi connectivity index (χ1v) is 30.0. The summed E-state index contributed by atoms with van der Waals surface area (Å²) in [4.78, 5) is 52.6. The van der Waals surface area contributed by atoms with Gasteiger partial charge in [-0.25, -0.2) is 49.8 Å². The van der Waals surface area contributed by atoms with Crippen LogP contribution in [0.5, 0.6) is 0 Å². The van der Waals surface area contributed by atoms with Crippen LogP contribution in [0.15, 0.2) is 309 Å². The number of aromatic nitrogens is 11. The van der Waals surface area contributed by atoms with Gasteiger partial charge in [-0.3, -0.25) is 0 Å². The van der Waals surface area contributed by atoms with Crippen molar-refractivity contribution in [1.82, 2.24) is 54.4 Å². The molecule has 0 unspecified atom stereocenters. The standard InChI is InChI=1S/C80H51N11/c1-9-25-52(26-10-1)66-51-69(82-73(81-66)55-31-15-4-16-32-55)60-41-44-72(65(47-60)80-83-67(53-27-11-2-12-28-53)50-68(84-80)54-29-13-3-14-30-54)91-70-45-42-61(78-87-74(56-33-17-5-18-34-56)85-75(88-78)57-35-19-6-20-36-57)48-63(70)64-49-62(43-46-71(64)91)79-89-76(58-37-21-7-22-38-58)86-77(90-79)59-39-23-8-24-40-59/h1-51H.